The van der Waals surface area contributed by atoms with Crippen LogP contribution in [0, 0.1) is 5.92 Å². The van der Waals surface area contributed by atoms with Crippen LogP contribution >= 0.6 is 0 Å². The third kappa shape index (κ3) is 2.82. The first-order valence-electron chi connectivity index (χ1n) is 10.6. The largest absolute Gasteiger partial charge is 0.273 e. The van der Waals surface area contributed by atoms with E-state index in [4.69, 9.17) is 4.84 Å². The summed E-state index contributed by atoms with van der Waals surface area (Å²) in [4.78, 5) is 34.6. The summed E-state index contributed by atoms with van der Waals surface area (Å²) in [6, 6.07) is 32.5. The Bertz CT molecular complexity index is 1320. The van der Waals surface area contributed by atoms with Crippen LogP contribution in [0.3, 0.4) is 0 Å². The first kappa shape index (κ1) is 18.8. The van der Waals surface area contributed by atoms with Crippen LogP contribution in [0.2, 0.25) is 0 Å². The quantitative estimate of drug-likeness (QED) is 0.443. The van der Waals surface area contributed by atoms with Gasteiger partial charge in [0.25, 0.3) is 5.91 Å². The maximum absolute atomic E-state index is 13.7. The Kier molecular flexibility index (Phi) is 4.30. The zero-order valence-corrected chi connectivity index (χ0v) is 17.2. The summed E-state index contributed by atoms with van der Waals surface area (Å²) < 4.78 is 0. The van der Waals surface area contributed by atoms with E-state index in [1.807, 2.05) is 103 Å². The van der Waals surface area contributed by atoms with Crippen molar-refractivity contribution in [1.29, 1.82) is 0 Å². The zero-order chi connectivity index (χ0) is 21.7. The molecule has 6 rings (SSSR count). The molecule has 5 heteroatoms. The molecule has 32 heavy (non-hydrogen) atoms. The smallest absolute Gasteiger partial charge is 0.266 e. The number of hydrogen-bond donors (Lipinski definition) is 0. The number of anilines is 2. The molecule has 4 aromatic rings. The first-order chi connectivity index (χ1) is 15.7. The molecular weight excluding hydrogens is 400 g/mol. The summed E-state index contributed by atoms with van der Waals surface area (Å²) in [7, 11) is 0. The number of imide groups is 1. The fourth-order valence-electron chi connectivity index (χ4n) is 4.77. The van der Waals surface area contributed by atoms with Gasteiger partial charge >= 0.3 is 0 Å². The van der Waals surface area contributed by atoms with Crippen LogP contribution in [0.15, 0.2) is 103 Å². The molecule has 5 nitrogen and oxygen atoms in total. The highest BCUT2D eigenvalue weighted by Crippen LogP contribution is 2.47. The fraction of sp³-hybridized carbons (Fsp3) is 0.111. The number of hydrogen-bond acceptors (Lipinski definition) is 4. The summed E-state index contributed by atoms with van der Waals surface area (Å²) in [6.07, 6.45) is -0.862. The molecule has 156 valence electrons. The van der Waals surface area contributed by atoms with Crippen molar-refractivity contribution in [3.05, 3.63) is 109 Å². The second-order valence-corrected chi connectivity index (χ2v) is 8.11. The van der Waals surface area contributed by atoms with E-state index >= 15 is 0 Å². The van der Waals surface area contributed by atoms with Gasteiger partial charge in [0.2, 0.25) is 5.91 Å². The Morgan fingerprint density at radius 2 is 1.28 bits per heavy atom. The highest BCUT2D eigenvalue weighted by atomic mass is 16.7. The maximum atomic E-state index is 13.7. The lowest BCUT2D eigenvalue weighted by molar-refractivity contribution is -0.126. The van der Waals surface area contributed by atoms with Crippen LogP contribution in [0.5, 0.6) is 0 Å². The fourth-order valence-corrected chi connectivity index (χ4v) is 4.77. The number of para-hydroxylation sites is 1. The lowest BCUT2D eigenvalue weighted by Gasteiger charge is -2.28. The minimum Gasteiger partial charge on any atom is -0.273 e. The Labute approximate surface area is 185 Å². The molecule has 2 aliphatic rings. The lowest BCUT2D eigenvalue weighted by Crippen LogP contribution is -2.37. The lowest BCUT2D eigenvalue weighted by atomic mass is 9.90. The van der Waals surface area contributed by atoms with Gasteiger partial charge in [-0.2, -0.15) is 0 Å². The molecule has 0 unspecified atom stereocenters. The third-order valence-electron chi connectivity index (χ3n) is 6.26. The first-order valence-corrected chi connectivity index (χ1v) is 10.6. The predicted molar refractivity (Wildman–Crippen MR) is 123 cm³/mol. The van der Waals surface area contributed by atoms with Crippen molar-refractivity contribution in [3.63, 3.8) is 0 Å². The predicted octanol–water partition coefficient (Wildman–Crippen LogP) is 4.89. The summed E-state index contributed by atoms with van der Waals surface area (Å²) >= 11 is 0. The standard InChI is InChI=1S/C27H20N2O3/c30-26-23-24(19-10-3-1-4-11-19)29(21-13-5-2-6-14-21)32-25(23)27(31)28(26)22-16-15-18-9-7-8-12-20(18)17-22/h1-17,23-25H/t23-,24-,25+/m1/s1. The molecule has 2 heterocycles. The molecule has 2 aliphatic heterocycles. The molecule has 0 N–H and O–H groups in total. The molecular formula is C27H20N2O3. The van der Waals surface area contributed by atoms with E-state index in [0.717, 1.165) is 22.0 Å². The van der Waals surface area contributed by atoms with E-state index < -0.39 is 18.1 Å². The minimum absolute atomic E-state index is 0.234. The molecule has 3 atom stereocenters. The highest BCUT2D eigenvalue weighted by molar-refractivity contribution is 6.24. The van der Waals surface area contributed by atoms with Crippen LogP contribution in [-0.4, -0.2) is 17.9 Å². The van der Waals surface area contributed by atoms with Crippen molar-refractivity contribution in [2.24, 2.45) is 5.92 Å². The summed E-state index contributed by atoms with van der Waals surface area (Å²) in [5, 5.41) is 3.76. The van der Waals surface area contributed by atoms with Crippen LogP contribution in [0.1, 0.15) is 11.6 Å². The third-order valence-corrected chi connectivity index (χ3v) is 6.26. The van der Waals surface area contributed by atoms with Gasteiger partial charge in [-0.3, -0.25) is 14.4 Å². The van der Waals surface area contributed by atoms with E-state index in [9.17, 15) is 9.59 Å². The van der Waals surface area contributed by atoms with Gasteiger partial charge in [-0.15, -0.1) is 0 Å². The van der Waals surface area contributed by atoms with Crippen LogP contribution < -0.4 is 9.96 Å². The summed E-state index contributed by atoms with van der Waals surface area (Å²) in [5.74, 6) is -1.19. The van der Waals surface area contributed by atoms with Crippen LogP contribution in [0.4, 0.5) is 11.4 Å². The van der Waals surface area contributed by atoms with Crippen molar-refractivity contribution in [2.45, 2.75) is 12.1 Å². The van der Waals surface area contributed by atoms with Crippen molar-refractivity contribution in [2.75, 3.05) is 9.96 Å². The number of carbonyl (C=O) groups is 2. The average Bonchev–Trinajstić information content (AvgIpc) is 3.36. The van der Waals surface area contributed by atoms with Crippen molar-refractivity contribution >= 4 is 34.0 Å². The van der Waals surface area contributed by atoms with Gasteiger partial charge < -0.3 is 0 Å². The molecule has 0 bridgehead atoms. The van der Waals surface area contributed by atoms with Crippen molar-refractivity contribution < 1.29 is 14.4 Å². The molecule has 0 saturated carbocycles. The summed E-state index contributed by atoms with van der Waals surface area (Å²) in [6.45, 7) is 0. The number of rotatable bonds is 3. The molecule has 2 saturated heterocycles. The van der Waals surface area contributed by atoms with E-state index in [-0.39, 0.29) is 11.8 Å². The number of fused-ring (bicyclic) bond motifs is 2. The van der Waals surface area contributed by atoms with Gasteiger partial charge in [0.1, 0.15) is 5.92 Å². The zero-order valence-electron chi connectivity index (χ0n) is 17.2. The molecule has 2 amide bonds. The average molecular weight is 420 g/mol. The van der Waals surface area contributed by atoms with Crippen molar-refractivity contribution in [1.82, 2.24) is 0 Å². The van der Waals surface area contributed by atoms with Crippen molar-refractivity contribution in [3.8, 4) is 0 Å². The number of hydroxylamine groups is 1. The summed E-state index contributed by atoms with van der Waals surface area (Å²) in [5.41, 5.74) is 2.33. The normalized spacial score (nSPS) is 22.6. The Morgan fingerprint density at radius 1 is 0.625 bits per heavy atom. The topological polar surface area (TPSA) is 49.9 Å². The van der Waals surface area contributed by atoms with E-state index in [1.54, 1.807) is 5.06 Å². The van der Waals surface area contributed by atoms with Gasteiger partial charge in [0.15, 0.2) is 6.10 Å². The van der Waals surface area contributed by atoms with E-state index in [2.05, 4.69) is 0 Å². The second-order valence-electron chi connectivity index (χ2n) is 8.11. The van der Waals surface area contributed by atoms with Gasteiger partial charge in [-0.25, -0.2) is 9.96 Å². The van der Waals surface area contributed by atoms with Crippen LogP contribution in [-0.2, 0) is 14.4 Å². The van der Waals surface area contributed by atoms with Gasteiger partial charge in [-0.05, 0) is 40.6 Å². The molecule has 0 radical (unpaired) electrons. The number of nitrogens with zero attached hydrogens (tertiary/aromatic N) is 2. The van der Waals surface area contributed by atoms with E-state index in [1.165, 1.54) is 4.90 Å². The molecule has 4 aromatic carbocycles. The SMILES string of the molecule is O=C1[C@H]2[C@H](ON(c3ccccc3)[C@@H]2c2ccccc2)C(=O)N1c1ccc2ccccc2c1. The number of amides is 2. The molecule has 2 fully saturated rings. The maximum Gasteiger partial charge on any atom is 0.266 e. The number of carbonyl (C=O) groups excluding carboxylic acids is 2. The Balaban J connectivity index is 1.43. The Morgan fingerprint density at radius 3 is 2.03 bits per heavy atom. The van der Waals surface area contributed by atoms with Gasteiger partial charge in [-0.1, -0.05) is 78.9 Å². The van der Waals surface area contributed by atoms with Gasteiger partial charge in [0.05, 0.1) is 17.4 Å². The Hall–Kier alpha value is -3.96. The second kappa shape index (κ2) is 7.32. The number of benzene rings is 4. The van der Waals surface area contributed by atoms with Gasteiger partial charge in [0, 0.05) is 0 Å². The molecule has 0 aromatic heterocycles. The highest BCUT2D eigenvalue weighted by Gasteiger charge is 2.60. The van der Waals surface area contributed by atoms with E-state index in [0.29, 0.717) is 5.69 Å². The monoisotopic (exact) mass is 420 g/mol. The minimum atomic E-state index is -0.862. The molecule has 0 aliphatic carbocycles. The van der Waals surface area contributed by atoms with Crippen LogP contribution in [0.25, 0.3) is 10.8 Å². The molecule has 0 spiro atoms.